The second-order valence-corrected chi connectivity index (χ2v) is 6.65. The van der Waals surface area contributed by atoms with Crippen molar-refractivity contribution in [2.75, 3.05) is 20.6 Å². The number of carbonyl (C=O) groups excluding carboxylic acids is 1. The number of nitrogens with zero attached hydrogens (tertiary/aromatic N) is 1. The van der Waals surface area contributed by atoms with Gasteiger partial charge in [0.1, 0.15) is 0 Å². The molecule has 0 saturated carbocycles. The van der Waals surface area contributed by atoms with Gasteiger partial charge in [-0.1, -0.05) is 78.9 Å². The van der Waals surface area contributed by atoms with Crippen LogP contribution in [-0.4, -0.2) is 31.3 Å². The Morgan fingerprint density at radius 1 is 1.00 bits per heavy atom. The van der Waals surface area contributed by atoms with Gasteiger partial charge in [0.05, 0.1) is 5.41 Å². The van der Waals surface area contributed by atoms with Crippen molar-refractivity contribution in [3.05, 3.63) is 90.0 Å². The zero-order valence-electron chi connectivity index (χ0n) is 14.3. The van der Waals surface area contributed by atoms with Crippen LogP contribution < -0.4 is 0 Å². The number of carbonyl (C=O) groups is 1. The summed E-state index contributed by atoms with van der Waals surface area (Å²) in [5.74, 6) is 0.191. The third-order valence-electron chi connectivity index (χ3n) is 4.46. The highest BCUT2D eigenvalue weighted by molar-refractivity contribution is 6.03. The van der Waals surface area contributed by atoms with Crippen LogP contribution in [0.3, 0.4) is 0 Å². The summed E-state index contributed by atoms with van der Waals surface area (Å²) in [7, 11) is 4.04. The Labute approximate surface area is 144 Å². The summed E-state index contributed by atoms with van der Waals surface area (Å²) < 4.78 is 0. The predicted octanol–water partition coefficient (Wildman–Crippen LogP) is 4.46. The number of allylic oxidation sites excluding steroid dienone is 3. The minimum absolute atomic E-state index is 0.191. The molecule has 0 amide bonds. The topological polar surface area (TPSA) is 20.3 Å². The molecule has 0 aromatic heterocycles. The van der Waals surface area contributed by atoms with Crippen LogP contribution in [0.4, 0.5) is 0 Å². The lowest BCUT2D eigenvalue weighted by Crippen LogP contribution is -2.39. The van der Waals surface area contributed by atoms with Gasteiger partial charge in [0.25, 0.3) is 0 Å². The lowest BCUT2D eigenvalue weighted by atomic mass is 9.73. The Balaban J connectivity index is 1.91. The van der Waals surface area contributed by atoms with Gasteiger partial charge in [-0.3, -0.25) is 4.79 Å². The van der Waals surface area contributed by atoms with Gasteiger partial charge in [0, 0.05) is 12.1 Å². The van der Waals surface area contributed by atoms with E-state index in [4.69, 9.17) is 0 Å². The highest BCUT2D eigenvalue weighted by Gasteiger charge is 2.37. The van der Waals surface area contributed by atoms with Crippen molar-refractivity contribution >= 4 is 11.4 Å². The zero-order valence-corrected chi connectivity index (χ0v) is 14.3. The summed E-state index contributed by atoms with van der Waals surface area (Å²) in [5.41, 5.74) is 2.66. The molecule has 0 radical (unpaired) electrons. The highest BCUT2D eigenvalue weighted by Crippen LogP contribution is 2.36. The first kappa shape index (κ1) is 16.4. The van der Waals surface area contributed by atoms with E-state index in [0.717, 1.165) is 12.0 Å². The van der Waals surface area contributed by atoms with Crippen molar-refractivity contribution in [2.45, 2.75) is 6.42 Å². The van der Waals surface area contributed by atoms with E-state index in [1.54, 1.807) is 0 Å². The van der Waals surface area contributed by atoms with Crippen LogP contribution in [0.1, 0.15) is 22.3 Å². The minimum atomic E-state index is -0.497. The molecule has 1 aliphatic rings. The van der Waals surface area contributed by atoms with Gasteiger partial charge in [0.2, 0.25) is 0 Å². The molecule has 1 atom stereocenters. The van der Waals surface area contributed by atoms with Crippen LogP contribution in [0.25, 0.3) is 5.57 Å². The summed E-state index contributed by atoms with van der Waals surface area (Å²) in [6.07, 6.45) is 7.12. The number of hydrogen-bond acceptors (Lipinski definition) is 2. The maximum Gasteiger partial charge on any atom is 0.174 e. The second kappa shape index (κ2) is 6.98. The molecule has 1 aliphatic carbocycles. The zero-order chi connectivity index (χ0) is 17.0. The fourth-order valence-corrected chi connectivity index (χ4v) is 3.32. The molecule has 2 nitrogen and oxygen atoms in total. The van der Waals surface area contributed by atoms with Gasteiger partial charge in [-0.15, -0.1) is 0 Å². The molecule has 3 rings (SSSR count). The van der Waals surface area contributed by atoms with Crippen molar-refractivity contribution in [1.29, 1.82) is 0 Å². The molecule has 0 N–H and O–H groups in total. The molecule has 122 valence electrons. The maximum absolute atomic E-state index is 13.2. The number of ketones is 1. The molecule has 0 fully saturated rings. The Hall–Kier alpha value is -2.45. The van der Waals surface area contributed by atoms with Crippen LogP contribution in [0.5, 0.6) is 0 Å². The summed E-state index contributed by atoms with van der Waals surface area (Å²) in [6, 6.07) is 19.9. The third-order valence-corrected chi connectivity index (χ3v) is 4.46. The number of benzene rings is 2. The Bertz CT molecular complexity index is 759. The van der Waals surface area contributed by atoms with Crippen molar-refractivity contribution in [1.82, 2.24) is 4.90 Å². The molecular weight excluding hydrogens is 294 g/mol. The van der Waals surface area contributed by atoms with Gasteiger partial charge >= 0.3 is 0 Å². The lowest BCUT2D eigenvalue weighted by Gasteiger charge is -2.33. The number of Topliss-reactive ketones (excluding diaryl/α,β-unsaturated/α-hetero) is 1. The quantitative estimate of drug-likeness (QED) is 0.759. The van der Waals surface area contributed by atoms with Crippen LogP contribution in [0.15, 0.2) is 78.9 Å². The standard InChI is InChI=1S/C22H23NO/c1-23(2)17-22(21(24)20-11-7-4-8-12-20)15-13-19(14-16-22)18-9-5-3-6-10-18/h3-15H,16-17H2,1-2H3. The fourth-order valence-electron chi connectivity index (χ4n) is 3.32. The average molecular weight is 317 g/mol. The van der Waals surface area contributed by atoms with Crippen molar-refractivity contribution in [3.63, 3.8) is 0 Å². The minimum Gasteiger partial charge on any atom is -0.308 e. The van der Waals surface area contributed by atoms with Crippen LogP contribution in [-0.2, 0) is 0 Å². The lowest BCUT2D eigenvalue weighted by molar-refractivity contribution is 0.0815. The van der Waals surface area contributed by atoms with E-state index in [1.165, 1.54) is 11.1 Å². The normalized spacial score (nSPS) is 20.0. The van der Waals surface area contributed by atoms with E-state index in [2.05, 4.69) is 35.3 Å². The predicted molar refractivity (Wildman–Crippen MR) is 99.9 cm³/mol. The monoisotopic (exact) mass is 317 g/mol. The van der Waals surface area contributed by atoms with E-state index in [0.29, 0.717) is 6.54 Å². The molecule has 0 bridgehead atoms. The molecule has 0 saturated heterocycles. The van der Waals surface area contributed by atoms with Crippen molar-refractivity contribution in [2.24, 2.45) is 5.41 Å². The van der Waals surface area contributed by atoms with E-state index < -0.39 is 5.41 Å². The number of rotatable bonds is 5. The summed E-state index contributed by atoms with van der Waals surface area (Å²) in [5, 5.41) is 0. The molecule has 24 heavy (non-hydrogen) atoms. The number of hydrogen-bond donors (Lipinski definition) is 0. The molecule has 0 spiro atoms. The van der Waals surface area contributed by atoms with E-state index in [-0.39, 0.29) is 5.78 Å². The van der Waals surface area contributed by atoms with Gasteiger partial charge in [0.15, 0.2) is 5.78 Å². The van der Waals surface area contributed by atoms with Gasteiger partial charge in [-0.25, -0.2) is 0 Å². The van der Waals surface area contributed by atoms with Crippen molar-refractivity contribution < 1.29 is 4.79 Å². The van der Waals surface area contributed by atoms with Crippen LogP contribution in [0.2, 0.25) is 0 Å². The van der Waals surface area contributed by atoms with E-state index >= 15 is 0 Å². The smallest absolute Gasteiger partial charge is 0.174 e. The molecule has 2 aromatic carbocycles. The van der Waals surface area contributed by atoms with E-state index in [1.807, 2.05) is 62.6 Å². The summed E-state index contributed by atoms with van der Waals surface area (Å²) in [6.45, 7) is 0.704. The first-order chi connectivity index (χ1) is 11.6. The second-order valence-electron chi connectivity index (χ2n) is 6.65. The Morgan fingerprint density at radius 2 is 1.62 bits per heavy atom. The third kappa shape index (κ3) is 3.39. The first-order valence-corrected chi connectivity index (χ1v) is 8.30. The fraction of sp³-hybridized carbons (Fsp3) is 0.227. The molecule has 2 heteroatoms. The van der Waals surface area contributed by atoms with Crippen LogP contribution >= 0.6 is 0 Å². The van der Waals surface area contributed by atoms with Gasteiger partial charge in [-0.2, -0.15) is 0 Å². The van der Waals surface area contributed by atoms with Crippen molar-refractivity contribution in [3.8, 4) is 0 Å². The molecule has 0 heterocycles. The van der Waals surface area contributed by atoms with Gasteiger partial charge in [-0.05, 0) is 31.7 Å². The Kier molecular flexibility index (Phi) is 4.77. The first-order valence-electron chi connectivity index (χ1n) is 8.30. The largest absolute Gasteiger partial charge is 0.308 e. The van der Waals surface area contributed by atoms with Crippen LogP contribution in [0, 0.1) is 5.41 Å². The average Bonchev–Trinajstić information content (AvgIpc) is 2.62. The molecule has 0 aliphatic heterocycles. The summed E-state index contributed by atoms with van der Waals surface area (Å²) >= 11 is 0. The molecular formula is C22H23NO. The van der Waals surface area contributed by atoms with Gasteiger partial charge < -0.3 is 4.90 Å². The molecule has 1 unspecified atom stereocenters. The maximum atomic E-state index is 13.2. The SMILES string of the molecule is CN(C)CC1(C(=O)c2ccccc2)C=CC(c2ccccc2)=CC1. The molecule has 2 aromatic rings. The van der Waals surface area contributed by atoms with E-state index in [9.17, 15) is 4.79 Å². The Morgan fingerprint density at radius 3 is 2.17 bits per heavy atom. The highest BCUT2D eigenvalue weighted by atomic mass is 16.1. The summed E-state index contributed by atoms with van der Waals surface area (Å²) in [4.78, 5) is 15.3.